The van der Waals surface area contributed by atoms with E-state index in [0.29, 0.717) is 5.41 Å². The summed E-state index contributed by atoms with van der Waals surface area (Å²) >= 11 is 0. The Bertz CT molecular complexity index is 595. The Balaban J connectivity index is 1.69. The first-order chi connectivity index (χ1) is 10.5. The highest BCUT2D eigenvalue weighted by molar-refractivity contribution is 5.37. The zero-order valence-electron chi connectivity index (χ0n) is 13.9. The fraction of sp³-hybridized carbons (Fsp3) is 0.619. The van der Waals surface area contributed by atoms with Gasteiger partial charge in [0.05, 0.1) is 6.10 Å². The monoisotopic (exact) mass is 296 g/mol. The third-order valence-electron chi connectivity index (χ3n) is 7.52. The molecule has 22 heavy (non-hydrogen) atoms. The molecule has 0 aromatic heterocycles. The molecule has 0 bridgehead atoms. The molecule has 4 rings (SSSR count). The van der Waals surface area contributed by atoms with Gasteiger partial charge in [0.25, 0.3) is 0 Å². The zero-order chi connectivity index (χ0) is 15.5. The molecule has 0 aliphatic heterocycles. The van der Waals surface area contributed by atoms with Crippen LogP contribution >= 0.6 is 0 Å². The van der Waals surface area contributed by atoms with Gasteiger partial charge in [-0.3, -0.25) is 0 Å². The van der Waals surface area contributed by atoms with Crippen molar-refractivity contribution < 1.29 is 5.11 Å². The topological polar surface area (TPSA) is 20.2 Å². The molecule has 6 atom stereocenters. The summed E-state index contributed by atoms with van der Waals surface area (Å²) in [5, 5.41) is 9.93. The molecule has 0 heterocycles. The van der Waals surface area contributed by atoms with Crippen LogP contribution in [0.15, 0.2) is 48.1 Å². The number of hydrogen-bond acceptors (Lipinski definition) is 1. The van der Waals surface area contributed by atoms with Crippen LogP contribution in [0, 0.1) is 28.6 Å². The SMILES string of the molecule is C=CC1=CCC2C3CCC4=C[C@@H](O)C=C[C@]4(C)C3CC[C@]12C. The van der Waals surface area contributed by atoms with E-state index in [-0.39, 0.29) is 11.5 Å². The molecule has 2 saturated carbocycles. The van der Waals surface area contributed by atoms with Crippen LogP contribution < -0.4 is 0 Å². The van der Waals surface area contributed by atoms with Crippen LogP contribution in [0.25, 0.3) is 0 Å². The number of fused-ring (bicyclic) bond motifs is 5. The second-order valence-electron chi connectivity index (χ2n) is 8.30. The molecule has 0 aromatic rings. The highest BCUT2D eigenvalue weighted by Crippen LogP contribution is 2.64. The molecule has 1 nitrogen and oxygen atoms in total. The lowest BCUT2D eigenvalue weighted by Crippen LogP contribution is -2.49. The molecule has 0 radical (unpaired) electrons. The van der Waals surface area contributed by atoms with Crippen LogP contribution in [-0.2, 0) is 0 Å². The molecular formula is C21H28O. The van der Waals surface area contributed by atoms with Crippen molar-refractivity contribution in [3.05, 3.63) is 48.1 Å². The highest BCUT2D eigenvalue weighted by atomic mass is 16.3. The molecular weight excluding hydrogens is 268 g/mol. The van der Waals surface area contributed by atoms with Gasteiger partial charge in [0.1, 0.15) is 0 Å². The third-order valence-corrected chi connectivity index (χ3v) is 7.52. The molecule has 0 saturated heterocycles. The van der Waals surface area contributed by atoms with E-state index in [4.69, 9.17) is 0 Å². The standard InChI is InChI=1S/C21H28O/c1-4-14-6-8-18-17-7-5-15-13-16(22)9-11-21(15,3)19(17)10-12-20(14,18)2/h4,6,9,11,13,16-19,22H,1,5,7-8,10,12H2,2-3H3/t16-,17?,18?,19?,20+,21-/m0/s1. The lowest BCUT2D eigenvalue weighted by Gasteiger charge is -2.56. The fourth-order valence-electron chi connectivity index (χ4n) is 6.23. The van der Waals surface area contributed by atoms with E-state index in [1.165, 1.54) is 36.8 Å². The summed E-state index contributed by atoms with van der Waals surface area (Å²) in [5.41, 5.74) is 3.53. The maximum absolute atomic E-state index is 9.93. The van der Waals surface area contributed by atoms with Crippen LogP contribution in [0.5, 0.6) is 0 Å². The Labute approximate surface area is 134 Å². The van der Waals surface area contributed by atoms with Crippen LogP contribution in [0.4, 0.5) is 0 Å². The largest absolute Gasteiger partial charge is 0.385 e. The van der Waals surface area contributed by atoms with E-state index >= 15 is 0 Å². The third kappa shape index (κ3) is 1.75. The van der Waals surface area contributed by atoms with E-state index in [1.807, 2.05) is 6.08 Å². The second kappa shape index (κ2) is 4.71. The van der Waals surface area contributed by atoms with Crippen molar-refractivity contribution in [1.82, 2.24) is 0 Å². The van der Waals surface area contributed by atoms with Crippen LogP contribution in [0.1, 0.15) is 46.0 Å². The maximum atomic E-state index is 9.93. The predicted molar refractivity (Wildman–Crippen MR) is 91.3 cm³/mol. The van der Waals surface area contributed by atoms with Crippen molar-refractivity contribution in [2.75, 3.05) is 0 Å². The molecule has 1 N–H and O–H groups in total. The van der Waals surface area contributed by atoms with E-state index in [1.54, 1.807) is 0 Å². The van der Waals surface area contributed by atoms with Gasteiger partial charge in [-0.2, -0.15) is 0 Å². The summed E-state index contributed by atoms with van der Waals surface area (Å²) < 4.78 is 0. The Morgan fingerprint density at radius 1 is 1.27 bits per heavy atom. The molecule has 3 unspecified atom stereocenters. The summed E-state index contributed by atoms with van der Waals surface area (Å²) in [5.74, 6) is 2.35. The number of allylic oxidation sites excluding steroid dienone is 5. The Kier molecular flexibility index (Phi) is 3.10. The van der Waals surface area contributed by atoms with Gasteiger partial charge in [0.15, 0.2) is 0 Å². The predicted octanol–water partition coefficient (Wildman–Crippen LogP) is 4.81. The lowest BCUT2D eigenvalue weighted by atomic mass is 9.48. The van der Waals surface area contributed by atoms with E-state index in [2.05, 4.69) is 44.7 Å². The molecule has 0 amide bonds. The molecule has 2 fully saturated rings. The summed E-state index contributed by atoms with van der Waals surface area (Å²) in [6.07, 6.45) is 16.9. The second-order valence-corrected chi connectivity index (χ2v) is 8.30. The van der Waals surface area contributed by atoms with E-state index in [0.717, 1.165) is 24.2 Å². The average Bonchev–Trinajstić information content (AvgIpc) is 2.84. The van der Waals surface area contributed by atoms with Gasteiger partial charge >= 0.3 is 0 Å². The first-order valence-electron chi connectivity index (χ1n) is 8.91. The highest BCUT2D eigenvalue weighted by Gasteiger charge is 2.55. The summed E-state index contributed by atoms with van der Waals surface area (Å²) in [6.45, 7) is 8.94. The van der Waals surface area contributed by atoms with Gasteiger partial charge in [-0.05, 0) is 60.8 Å². The van der Waals surface area contributed by atoms with Crippen molar-refractivity contribution in [3.63, 3.8) is 0 Å². The molecule has 4 aliphatic rings. The quantitative estimate of drug-likeness (QED) is 0.689. The van der Waals surface area contributed by atoms with Gasteiger partial charge in [0, 0.05) is 5.41 Å². The van der Waals surface area contributed by atoms with E-state index < -0.39 is 0 Å². The van der Waals surface area contributed by atoms with Gasteiger partial charge in [-0.15, -0.1) is 0 Å². The van der Waals surface area contributed by atoms with Gasteiger partial charge in [-0.1, -0.05) is 56.4 Å². The van der Waals surface area contributed by atoms with Gasteiger partial charge in [-0.25, -0.2) is 0 Å². The van der Waals surface area contributed by atoms with Crippen molar-refractivity contribution >= 4 is 0 Å². The minimum absolute atomic E-state index is 0.181. The van der Waals surface area contributed by atoms with Crippen molar-refractivity contribution in [2.24, 2.45) is 28.6 Å². The van der Waals surface area contributed by atoms with Crippen molar-refractivity contribution in [1.29, 1.82) is 0 Å². The number of rotatable bonds is 1. The molecule has 1 heteroatoms. The number of hydrogen-bond donors (Lipinski definition) is 1. The smallest absolute Gasteiger partial charge is 0.0905 e. The number of aliphatic hydroxyl groups excluding tert-OH is 1. The summed E-state index contributed by atoms with van der Waals surface area (Å²) in [4.78, 5) is 0. The first-order valence-corrected chi connectivity index (χ1v) is 8.91. The normalized spacial score (nSPS) is 49.6. The summed E-state index contributed by atoms with van der Waals surface area (Å²) in [7, 11) is 0. The average molecular weight is 296 g/mol. The van der Waals surface area contributed by atoms with Crippen molar-refractivity contribution in [2.45, 2.75) is 52.1 Å². The molecule has 0 aromatic carbocycles. The molecule has 4 aliphatic carbocycles. The summed E-state index contributed by atoms with van der Waals surface area (Å²) in [6, 6.07) is 0. The Morgan fingerprint density at radius 3 is 2.86 bits per heavy atom. The maximum Gasteiger partial charge on any atom is 0.0905 e. The minimum atomic E-state index is -0.367. The fourth-order valence-corrected chi connectivity index (χ4v) is 6.23. The first kappa shape index (κ1) is 14.5. The minimum Gasteiger partial charge on any atom is -0.385 e. The lowest BCUT2D eigenvalue weighted by molar-refractivity contribution is -0.00588. The zero-order valence-corrected chi connectivity index (χ0v) is 13.9. The number of aliphatic hydroxyl groups is 1. The van der Waals surface area contributed by atoms with Crippen LogP contribution in [0.3, 0.4) is 0 Å². The van der Waals surface area contributed by atoms with Crippen LogP contribution in [-0.4, -0.2) is 11.2 Å². The Morgan fingerprint density at radius 2 is 2.09 bits per heavy atom. The van der Waals surface area contributed by atoms with E-state index in [9.17, 15) is 5.11 Å². The Hall–Kier alpha value is -1.08. The molecule has 118 valence electrons. The van der Waals surface area contributed by atoms with Gasteiger partial charge < -0.3 is 5.11 Å². The van der Waals surface area contributed by atoms with Crippen molar-refractivity contribution in [3.8, 4) is 0 Å². The van der Waals surface area contributed by atoms with Crippen LogP contribution in [0.2, 0.25) is 0 Å². The van der Waals surface area contributed by atoms with Gasteiger partial charge in [0.2, 0.25) is 0 Å². The molecule has 0 spiro atoms.